The number of esters is 1. The second kappa shape index (κ2) is 6.94. The lowest BCUT2D eigenvalue weighted by molar-refractivity contribution is -0.146. The molecule has 94 valence electrons. The highest BCUT2D eigenvalue weighted by atomic mass is 16.5. The zero-order valence-corrected chi connectivity index (χ0v) is 10.7. The van der Waals surface area contributed by atoms with Crippen molar-refractivity contribution in [3.63, 3.8) is 0 Å². The van der Waals surface area contributed by atoms with E-state index in [9.17, 15) is 4.79 Å². The number of carbonyl (C=O) groups is 1. The molecule has 0 aromatic heterocycles. The lowest BCUT2D eigenvalue weighted by atomic mass is 10.1. The first-order chi connectivity index (χ1) is 8.11. The van der Waals surface area contributed by atoms with Gasteiger partial charge in [-0.15, -0.1) is 0 Å². The molecular formula is C14H20O3. The van der Waals surface area contributed by atoms with E-state index in [0.29, 0.717) is 6.42 Å². The van der Waals surface area contributed by atoms with E-state index in [1.807, 2.05) is 38.1 Å². The highest BCUT2D eigenvalue weighted by Crippen LogP contribution is 2.13. The van der Waals surface area contributed by atoms with Crippen LogP contribution in [0.2, 0.25) is 0 Å². The molecule has 0 radical (unpaired) electrons. The Hall–Kier alpha value is -1.51. The minimum absolute atomic E-state index is 0.0605. The largest absolute Gasteiger partial charge is 0.494 e. The molecule has 0 aliphatic rings. The minimum Gasteiger partial charge on any atom is -0.494 e. The van der Waals surface area contributed by atoms with Crippen LogP contribution < -0.4 is 4.74 Å². The SMILES string of the molecule is CCCOc1ccc(CC(=O)OC(C)C)cc1. The second-order valence-electron chi connectivity index (χ2n) is 4.21. The zero-order chi connectivity index (χ0) is 12.7. The standard InChI is InChI=1S/C14H20O3/c1-4-9-16-13-7-5-12(6-8-13)10-14(15)17-11(2)3/h5-8,11H,4,9-10H2,1-3H3. The van der Waals surface area contributed by atoms with Crippen LogP contribution in [0.3, 0.4) is 0 Å². The van der Waals surface area contributed by atoms with Crippen LogP contribution in [0, 0.1) is 0 Å². The van der Waals surface area contributed by atoms with Gasteiger partial charge in [0.2, 0.25) is 0 Å². The van der Waals surface area contributed by atoms with Crippen molar-refractivity contribution in [2.75, 3.05) is 6.61 Å². The smallest absolute Gasteiger partial charge is 0.310 e. The molecule has 0 saturated heterocycles. The summed E-state index contributed by atoms with van der Waals surface area (Å²) in [4.78, 5) is 11.4. The average molecular weight is 236 g/mol. The van der Waals surface area contributed by atoms with Crippen LogP contribution in [0.1, 0.15) is 32.8 Å². The van der Waals surface area contributed by atoms with Gasteiger partial charge in [-0.3, -0.25) is 4.79 Å². The number of hydrogen-bond donors (Lipinski definition) is 0. The van der Waals surface area contributed by atoms with Crippen molar-refractivity contribution in [2.45, 2.75) is 39.7 Å². The van der Waals surface area contributed by atoms with E-state index in [1.54, 1.807) is 0 Å². The molecule has 3 heteroatoms. The molecule has 0 aliphatic heterocycles. The van der Waals surface area contributed by atoms with Gasteiger partial charge in [0.05, 0.1) is 19.1 Å². The van der Waals surface area contributed by atoms with Gasteiger partial charge in [-0.25, -0.2) is 0 Å². The Morgan fingerprint density at radius 2 is 1.88 bits per heavy atom. The van der Waals surface area contributed by atoms with Gasteiger partial charge in [0, 0.05) is 0 Å². The van der Waals surface area contributed by atoms with Crippen LogP contribution in [0.4, 0.5) is 0 Å². The van der Waals surface area contributed by atoms with Gasteiger partial charge in [0.15, 0.2) is 0 Å². The summed E-state index contributed by atoms with van der Waals surface area (Å²) in [5.74, 6) is 0.648. The Kier molecular flexibility index (Phi) is 5.53. The lowest BCUT2D eigenvalue weighted by Crippen LogP contribution is -2.13. The van der Waals surface area contributed by atoms with Gasteiger partial charge in [-0.1, -0.05) is 19.1 Å². The van der Waals surface area contributed by atoms with Gasteiger partial charge in [0.1, 0.15) is 5.75 Å². The summed E-state index contributed by atoms with van der Waals surface area (Å²) in [7, 11) is 0. The van der Waals surface area contributed by atoms with Crippen molar-refractivity contribution in [1.29, 1.82) is 0 Å². The Balaban J connectivity index is 2.47. The third-order valence-corrected chi connectivity index (χ3v) is 2.11. The van der Waals surface area contributed by atoms with Gasteiger partial charge >= 0.3 is 5.97 Å². The first-order valence-electron chi connectivity index (χ1n) is 6.03. The van der Waals surface area contributed by atoms with E-state index in [-0.39, 0.29) is 12.1 Å². The lowest BCUT2D eigenvalue weighted by Gasteiger charge is -2.08. The number of benzene rings is 1. The number of hydrogen-bond acceptors (Lipinski definition) is 3. The average Bonchev–Trinajstić information content (AvgIpc) is 2.27. The number of ether oxygens (including phenoxy) is 2. The maximum absolute atomic E-state index is 11.4. The number of carbonyl (C=O) groups excluding carboxylic acids is 1. The second-order valence-corrected chi connectivity index (χ2v) is 4.21. The molecule has 0 amide bonds. The zero-order valence-electron chi connectivity index (χ0n) is 10.7. The van der Waals surface area contributed by atoms with Crippen LogP contribution in [0.15, 0.2) is 24.3 Å². The molecular weight excluding hydrogens is 216 g/mol. The van der Waals surface area contributed by atoms with Gasteiger partial charge < -0.3 is 9.47 Å². The van der Waals surface area contributed by atoms with E-state index in [0.717, 1.165) is 24.3 Å². The van der Waals surface area contributed by atoms with Crippen molar-refractivity contribution in [3.8, 4) is 5.75 Å². The summed E-state index contributed by atoms with van der Waals surface area (Å²) in [6.07, 6.45) is 1.24. The third kappa shape index (κ3) is 5.38. The van der Waals surface area contributed by atoms with Crippen LogP contribution in [-0.4, -0.2) is 18.7 Å². The van der Waals surface area contributed by atoms with Crippen LogP contribution in [0.25, 0.3) is 0 Å². The maximum Gasteiger partial charge on any atom is 0.310 e. The Morgan fingerprint density at radius 3 is 2.41 bits per heavy atom. The topological polar surface area (TPSA) is 35.5 Å². The quantitative estimate of drug-likeness (QED) is 0.712. The number of rotatable bonds is 6. The third-order valence-electron chi connectivity index (χ3n) is 2.11. The molecule has 3 nitrogen and oxygen atoms in total. The maximum atomic E-state index is 11.4. The van der Waals surface area contributed by atoms with Crippen LogP contribution in [0.5, 0.6) is 5.75 Å². The van der Waals surface area contributed by atoms with E-state index in [1.165, 1.54) is 0 Å². The first kappa shape index (κ1) is 13.6. The fourth-order valence-electron chi connectivity index (χ4n) is 1.39. The predicted octanol–water partition coefficient (Wildman–Crippen LogP) is 2.97. The minimum atomic E-state index is -0.192. The monoisotopic (exact) mass is 236 g/mol. The molecule has 0 aliphatic carbocycles. The molecule has 0 N–H and O–H groups in total. The summed E-state index contributed by atoms with van der Waals surface area (Å²) in [6, 6.07) is 7.56. The molecule has 17 heavy (non-hydrogen) atoms. The van der Waals surface area contributed by atoms with Crippen LogP contribution in [-0.2, 0) is 16.0 Å². The molecule has 0 saturated carbocycles. The Bertz CT molecular complexity index is 341. The Labute approximate surface area is 103 Å². The van der Waals surface area contributed by atoms with Gasteiger partial charge in [-0.05, 0) is 38.0 Å². The van der Waals surface area contributed by atoms with E-state index in [4.69, 9.17) is 9.47 Å². The molecule has 0 bridgehead atoms. The normalized spacial score (nSPS) is 10.4. The van der Waals surface area contributed by atoms with Gasteiger partial charge in [-0.2, -0.15) is 0 Å². The molecule has 1 aromatic rings. The summed E-state index contributed by atoms with van der Waals surface area (Å²) in [5.41, 5.74) is 0.944. The van der Waals surface area contributed by atoms with Crippen molar-refractivity contribution < 1.29 is 14.3 Å². The summed E-state index contributed by atoms with van der Waals surface area (Å²) in [6.45, 7) is 6.48. The molecule has 0 spiro atoms. The highest BCUT2D eigenvalue weighted by molar-refractivity contribution is 5.72. The Morgan fingerprint density at radius 1 is 1.24 bits per heavy atom. The summed E-state index contributed by atoms with van der Waals surface area (Å²) < 4.78 is 10.5. The molecule has 0 unspecified atom stereocenters. The molecule has 0 heterocycles. The van der Waals surface area contributed by atoms with Crippen molar-refractivity contribution in [3.05, 3.63) is 29.8 Å². The van der Waals surface area contributed by atoms with E-state index < -0.39 is 0 Å². The highest BCUT2D eigenvalue weighted by Gasteiger charge is 2.06. The fraction of sp³-hybridized carbons (Fsp3) is 0.500. The molecule has 1 aromatic carbocycles. The van der Waals surface area contributed by atoms with Crippen molar-refractivity contribution in [2.24, 2.45) is 0 Å². The molecule has 1 rings (SSSR count). The fourth-order valence-corrected chi connectivity index (χ4v) is 1.39. The van der Waals surface area contributed by atoms with Crippen molar-refractivity contribution >= 4 is 5.97 Å². The van der Waals surface area contributed by atoms with Crippen LogP contribution >= 0.6 is 0 Å². The molecule has 0 atom stereocenters. The van der Waals surface area contributed by atoms with Crippen molar-refractivity contribution in [1.82, 2.24) is 0 Å². The van der Waals surface area contributed by atoms with Gasteiger partial charge in [0.25, 0.3) is 0 Å². The molecule has 0 fully saturated rings. The van der Waals surface area contributed by atoms with E-state index >= 15 is 0 Å². The summed E-state index contributed by atoms with van der Waals surface area (Å²) in [5, 5.41) is 0. The first-order valence-corrected chi connectivity index (χ1v) is 6.03. The van der Waals surface area contributed by atoms with E-state index in [2.05, 4.69) is 6.92 Å². The predicted molar refractivity (Wildman–Crippen MR) is 67.2 cm³/mol. The summed E-state index contributed by atoms with van der Waals surface area (Å²) >= 11 is 0.